The number of hydrogen-bond acceptors (Lipinski definition) is 4. The molecule has 5 atom stereocenters. The molecule has 1 unspecified atom stereocenters. The maximum atomic E-state index is 11.9. The van der Waals surface area contributed by atoms with Gasteiger partial charge in [0.2, 0.25) is 0 Å². The normalized spacial score (nSPS) is 24.3. The van der Waals surface area contributed by atoms with E-state index in [1.165, 1.54) is 23.6 Å². The lowest BCUT2D eigenvalue weighted by Gasteiger charge is -2.51. The number of methoxy groups -OCH3 is 1. The van der Waals surface area contributed by atoms with Gasteiger partial charge in [0, 0.05) is 23.5 Å². The average Bonchev–Trinajstić information content (AvgIpc) is 2.91. The summed E-state index contributed by atoms with van der Waals surface area (Å²) in [5, 5.41) is 15.2. The van der Waals surface area contributed by atoms with Crippen LogP contribution in [0.2, 0.25) is 0 Å². The number of ether oxygens (including phenoxy) is 1. The number of aromatic nitrogens is 1. The summed E-state index contributed by atoms with van der Waals surface area (Å²) in [6.45, 7) is 4.49. The van der Waals surface area contributed by atoms with Crippen molar-refractivity contribution < 1.29 is 9.84 Å². The number of halogens is 1. The molecule has 3 fully saturated rings. The molecular formula is C30H33ClN2O2. The minimum absolute atomic E-state index is 0. The van der Waals surface area contributed by atoms with Crippen molar-refractivity contribution in [2.24, 2.45) is 11.8 Å². The van der Waals surface area contributed by atoms with Crippen molar-refractivity contribution in [3.05, 3.63) is 72.3 Å². The SMILES string of the molecule is CC[C@H]1CN2CC[C@H]1C[C@H]2[C@H](O)c1cc(-c2cccc3ccccc23)nc2ccc(OC)cc12.Cl. The summed E-state index contributed by atoms with van der Waals surface area (Å²) in [5.41, 5.74) is 3.85. The van der Waals surface area contributed by atoms with E-state index in [-0.39, 0.29) is 18.4 Å². The maximum absolute atomic E-state index is 11.9. The molecule has 5 heteroatoms. The molecule has 0 aliphatic carbocycles. The number of piperidine rings is 3. The highest BCUT2D eigenvalue weighted by Crippen LogP contribution is 2.43. The quantitative estimate of drug-likeness (QED) is 0.342. The zero-order chi connectivity index (χ0) is 23.2. The smallest absolute Gasteiger partial charge is 0.119 e. The maximum Gasteiger partial charge on any atom is 0.119 e. The fraction of sp³-hybridized carbons (Fsp3) is 0.367. The van der Waals surface area contributed by atoms with E-state index in [0.29, 0.717) is 0 Å². The minimum atomic E-state index is -0.563. The molecule has 7 rings (SSSR count). The fourth-order valence-electron chi connectivity index (χ4n) is 6.37. The van der Waals surface area contributed by atoms with E-state index in [1.807, 2.05) is 18.2 Å². The summed E-state index contributed by atoms with van der Waals surface area (Å²) in [5.74, 6) is 2.27. The predicted octanol–water partition coefficient (Wildman–Crippen LogP) is 6.64. The molecule has 1 aromatic heterocycles. The standard InChI is InChI=1S/C30H32N2O2.ClH/c1-3-19-18-32-14-13-21(19)15-29(32)30(33)26-17-28(31-27-12-11-22(34-2)16-25(26)27)24-10-6-8-20-7-4-5-9-23(20)24;/h4-12,16-17,19,21,29-30,33H,3,13-15,18H2,1-2H3;1H/t19-,21-,29-,30+;/m0./s1. The molecule has 3 aliphatic rings. The fourth-order valence-corrected chi connectivity index (χ4v) is 6.37. The van der Waals surface area contributed by atoms with Crippen LogP contribution in [0.4, 0.5) is 0 Å². The number of rotatable bonds is 5. The van der Waals surface area contributed by atoms with Crippen LogP contribution in [0.5, 0.6) is 5.75 Å². The highest BCUT2D eigenvalue weighted by atomic mass is 35.5. The molecule has 1 N–H and O–H groups in total. The van der Waals surface area contributed by atoms with Crippen molar-refractivity contribution in [2.45, 2.75) is 38.3 Å². The third-order valence-electron chi connectivity index (χ3n) is 8.26. The molecule has 4 nitrogen and oxygen atoms in total. The Bertz CT molecular complexity index is 1350. The molecule has 3 saturated heterocycles. The largest absolute Gasteiger partial charge is 0.497 e. The molecular weight excluding hydrogens is 456 g/mol. The molecule has 35 heavy (non-hydrogen) atoms. The lowest BCUT2D eigenvalue weighted by atomic mass is 9.72. The Balaban J connectivity index is 0.00000253. The molecule has 4 aromatic rings. The van der Waals surface area contributed by atoms with Gasteiger partial charge in [-0.05, 0) is 71.8 Å². The number of fused-ring (bicyclic) bond motifs is 5. The second-order valence-corrected chi connectivity index (χ2v) is 9.97. The second-order valence-electron chi connectivity index (χ2n) is 9.97. The number of benzene rings is 3. The van der Waals surface area contributed by atoms with Crippen molar-refractivity contribution in [3.63, 3.8) is 0 Å². The molecule has 0 spiro atoms. The van der Waals surface area contributed by atoms with Crippen LogP contribution in [-0.4, -0.2) is 41.2 Å². The summed E-state index contributed by atoms with van der Waals surface area (Å²) < 4.78 is 5.53. The third-order valence-corrected chi connectivity index (χ3v) is 8.26. The van der Waals surface area contributed by atoms with E-state index in [2.05, 4.69) is 60.4 Å². The van der Waals surface area contributed by atoms with Crippen LogP contribution in [-0.2, 0) is 0 Å². The zero-order valence-electron chi connectivity index (χ0n) is 20.4. The molecule has 2 bridgehead atoms. The van der Waals surface area contributed by atoms with Crippen LogP contribution in [0, 0.1) is 11.8 Å². The number of aliphatic hydroxyl groups excluding tert-OH is 1. The van der Waals surface area contributed by atoms with Gasteiger partial charge in [0.1, 0.15) is 5.75 Å². The Morgan fingerprint density at radius 1 is 1.06 bits per heavy atom. The van der Waals surface area contributed by atoms with Gasteiger partial charge < -0.3 is 9.84 Å². The third kappa shape index (κ3) is 4.18. The number of pyridine rings is 1. The van der Waals surface area contributed by atoms with Crippen molar-refractivity contribution >= 4 is 34.1 Å². The Labute approximate surface area is 213 Å². The first-order valence-electron chi connectivity index (χ1n) is 12.5. The molecule has 0 amide bonds. The van der Waals surface area contributed by atoms with Gasteiger partial charge in [-0.2, -0.15) is 0 Å². The van der Waals surface area contributed by atoms with Crippen LogP contribution in [0.1, 0.15) is 37.9 Å². The predicted molar refractivity (Wildman–Crippen MR) is 145 cm³/mol. The minimum Gasteiger partial charge on any atom is -0.497 e. The van der Waals surface area contributed by atoms with E-state index < -0.39 is 6.10 Å². The van der Waals surface area contributed by atoms with Crippen molar-refractivity contribution in [2.75, 3.05) is 20.2 Å². The van der Waals surface area contributed by atoms with Crippen LogP contribution in [0.25, 0.3) is 32.9 Å². The Morgan fingerprint density at radius 3 is 2.66 bits per heavy atom. The highest BCUT2D eigenvalue weighted by Gasteiger charge is 2.42. The van der Waals surface area contributed by atoms with E-state index in [9.17, 15) is 5.11 Å². The van der Waals surface area contributed by atoms with E-state index in [1.54, 1.807) is 7.11 Å². The first kappa shape index (κ1) is 24.1. The average molecular weight is 489 g/mol. The van der Waals surface area contributed by atoms with Gasteiger partial charge >= 0.3 is 0 Å². The highest BCUT2D eigenvalue weighted by molar-refractivity contribution is 5.97. The van der Waals surface area contributed by atoms with Crippen LogP contribution >= 0.6 is 12.4 Å². The topological polar surface area (TPSA) is 45.6 Å². The first-order chi connectivity index (χ1) is 16.7. The lowest BCUT2D eigenvalue weighted by molar-refractivity contribution is -0.0562. The van der Waals surface area contributed by atoms with Gasteiger partial charge in [-0.15, -0.1) is 12.4 Å². The van der Waals surface area contributed by atoms with E-state index in [4.69, 9.17) is 9.72 Å². The molecule has 0 saturated carbocycles. The van der Waals surface area contributed by atoms with Gasteiger partial charge in [0.05, 0.1) is 24.4 Å². The summed E-state index contributed by atoms with van der Waals surface area (Å²) in [7, 11) is 1.69. The lowest BCUT2D eigenvalue weighted by Crippen LogP contribution is -2.55. The first-order valence-corrected chi connectivity index (χ1v) is 12.5. The summed E-state index contributed by atoms with van der Waals surface area (Å²) in [4.78, 5) is 7.58. The summed E-state index contributed by atoms with van der Waals surface area (Å²) in [6.07, 6.45) is 2.99. The number of hydrogen-bond donors (Lipinski definition) is 1. The summed E-state index contributed by atoms with van der Waals surface area (Å²) >= 11 is 0. The zero-order valence-corrected chi connectivity index (χ0v) is 21.2. The summed E-state index contributed by atoms with van der Waals surface area (Å²) in [6, 6.07) is 23.0. The molecule has 182 valence electrons. The van der Waals surface area contributed by atoms with Gasteiger partial charge in [-0.1, -0.05) is 55.8 Å². The Kier molecular flexibility index (Phi) is 6.71. The van der Waals surface area contributed by atoms with Crippen LogP contribution < -0.4 is 4.74 Å². The molecule has 4 heterocycles. The van der Waals surface area contributed by atoms with E-state index in [0.717, 1.165) is 64.8 Å². The number of nitrogens with zero attached hydrogens (tertiary/aromatic N) is 2. The Morgan fingerprint density at radius 2 is 1.89 bits per heavy atom. The van der Waals surface area contributed by atoms with Crippen molar-refractivity contribution in [1.82, 2.24) is 9.88 Å². The monoisotopic (exact) mass is 488 g/mol. The Hall–Kier alpha value is -2.66. The molecule has 3 aromatic carbocycles. The van der Waals surface area contributed by atoms with E-state index >= 15 is 0 Å². The van der Waals surface area contributed by atoms with Crippen LogP contribution in [0.15, 0.2) is 66.7 Å². The second kappa shape index (κ2) is 9.77. The van der Waals surface area contributed by atoms with Gasteiger partial charge in [-0.3, -0.25) is 4.90 Å². The van der Waals surface area contributed by atoms with Gasteiger partial charge in [-0.25, -0.2) is 4.98 Å². The van der Waals surface area contributed by atoms with Gasteiger partial charge in [0.15, 0.2) is 0 Å². The van der Waals surface area contributed by atoms with Crippen LogP contribution in [0.3, 0.4) is 0 Å². The molecule has 3 aliphatic heterocycles. The molecule has 0 radical (unpaired) electrons. The van der Waals surface area contributed by atoms with Crippen molar-refractivity contribution in [1.29, 1.82) is 0 Å². The number of aliphatic hydroxyl groups is 1. The van der Waals surface area contributed by atoms with Gasteiger partial charge in [0.25, 0.3) is 0 Å². The van der Waals surface area contributed by atoms with Crippen molar-refractivity contribution in [3.8, 4) is 17.0 Å².